The summed E-state index contributed by atoms with van der Waals surface area (Å²) < 4.78 is 1.67. The fourth-order valence-electron chi connectivity index (χ4n) is 3.08. The van der Waals surface area contributed by atoms with Crippen LogP contribution in [-0.4, -0.2) is 39.2 Å². The van der Waals surface area contributed by atoms with Crippen molar-refractivity contribution in [3.05, 3.63) is 71.3 Å². The number of benzene rings is 1. The van der Waals surface area contributed by atoms with Crippen LogP contribution in [0.15, 0.2) is 48.7 Å². The van der Waals surface area contributed by atoms with Gasteiger partial charge in [0.2, 0.25) is 5.82 Å². The van der Waals surface area contributed by atoms with E-state index in [-0.39, 0.29) is 17.6 Å². The number of amides is 2. The molecule has 2 heterocycles. The smallest absolute Gasteiger partial charge is 0.287 e. The fourth-order valence-corrected chi connectivity index (χ4v) is 3.08. The third kappa shape index (κ3) is 3.69. The van der Waals surface area contributed by atoms with Crippen LogP contribution < -0.4 is 5.32 Å². The summed E-state index contributed by atoms with van der Waals surface area (Å²) in [4.78, 5) is 31.7. The van der Waals surface area contributed by atoms with Crippen molar-refractivity contribution >= 4 is 17.3 Å². The Balaban J connectivity index is 1.91. The zero-order valence-electron chi connectivity index (χ0n) is 15.9. The minimum atomic E-state index is -0.307. The molecule has 140 valence electrons. The first-order valence-corrected chi connectivity index (χ1v) is 9.15. The van der Waals surface area contributed by atoms with Crippen LogP contribution in [0.25, 0.3) is 5.52 Å². The number of hydrogen-bond acceptors (Lipinski definition) is 3. The van der Waals surface area contributed by atoms with Crippen LogP contribution in [0.5, 0.6) is 0 Å². The van der Waals surface area contributed by atoms with E-state index in [1.54, 1.807) is 15.5 Å². The van der Waals surface area contributed by atoms with E-state index in [9.17, 15) is 9.59 Å². The maximum absolute atomic E-state index is 12.8. The maximum atomic E-state index is 12.8. The third-order valence-corrected chi connectivity index (χ3v) is 4.71. The molecule has 1 N–H and O–H groups in total. The van der Waals surface area contributed by atoms with Gasteiger partial charge in [-0.05, 0) is 44.0 Å². The molecule has 0 fully saturated rings. The number of pyridine rings is 1. The minimum Gasteiger partial charge on any atom is -0.345 e. The molecule has 27 heavy (non-hydrogen) atoms. The van der Waals surface area contributed by atoms with Gasteiger partial charge in [-0.1, -0.05) is 30.3 Å². The van der Waals surface area contributed by atoms with Gasteiger partial charge in [-0.25, -0.2) is 4.98 Å². The van der Waals surface area contributed by atoms with Crippen molar-refractivity contribution in [1.82, 2.24) is 19.6 Å². The molecular weight excluding hydrogens is 340 g/mol. The molecule has 0 saturated carbocycles. The number of aryl methyl sites for hydroxylation is 1. The van der Waals surface area contributed by atoms with Gasteiger partial charge in [0.1, 0.15) is 0 Å². The van der Waals surface area contributed by atoms with Crippen LogP contribution in [0, 0.1) is 6.92 Å². The lowest BCUT2D eigenvalue weighted by Gasteiger charge is -2.17. The van der Waals surface area contributed by atoms with Crippen LogP contribution in [0.3, 0.4) is 0 Å². The van der Waals surface area contributed by atoms with Gasteiger partial charge in [-0.2, -0.15) is 0 Å². The fraction of sp³-hybridized carbons (Fsp3) is 0.286. The van der Waals surface area contributed by atoms with Gasteiger partial charge in [0.25, 0.3) is 11.8 Å². The van der Waals surface area contributed by atoms with E-state index < -0.39 is 0 Å². The molecule has 0 bridgehead atoms. The summed E-state index contributed by atoms with van der Waals surface area (Å²) in [6, 6.07) is 13.4. The lowest BCUT2D eigenvalue weighted by molar-refractivity contribution is 0.0769. The maximum Gasteiger partial charge on any atom is 0.287 e. The van der Waals surface area contributed by atoms with E-state index in [0.29, 0.717) is 30.8 Å². The zero-order valence-corrected chi connectivity index (χ0v) is 15.9. The molecular formula is C21H24N4O2. The van der Waals surface area contributed by atoms with Gasteiger partial charge in [0.15, 0.2) is 5.69 Å². The molecule has 0 atom stereocenters. The average Bonchev–Trinajstić information content (AvgIpc) is 3.08. The number of aromatic nitrogens is 2. The standard InChI is InChI=1S/C21H24N4O2/c1-4-24(5-2)21(27)18-17-12-8-9-13-25(17)19(23-18)20(26)22-14-16-11-7-6-10-15(16)3/h6-13H,4-5,14H2,1-3H3,(H,22,26). The van der Waals surface area contributed by atoms with Gasteiger partial charge in [0, 0.05) is 25.8 Å². The highest BCUT2D eigenvalue weighted by atomic mass is 16.2. The minimum absolute atomic E-state index is 0.165. The highest BCUT2D eigenvalue weighted by Gasteiger charge is 2.23. The Bertz CT molecular complexity index is 973. The summed E-state index contributed by atoms with van der Waals surface area (Å²) in [7, 11) is 0. The van der Waals surface area contributed by atoms with Gasteiger partial charge >= 0.3 is 0 Å². The Morgan fingerprint density at radius 3 is 2.48 bits per heavy atom. The van der Waals surface area contributed by atoms with E-state index in [0.717, 1.165) is 11.1 Å². The van der Waals surface area contributed by atoms with E-state index in [1.807, 2.05) is 63.2 Å². The second-order valence-electron chi connectivity index (χ2n) is 6.33. The molecule has 0 aliphatic carbocycles. The Labute approximate surface area is 158 Å². The zero-order chi connectivity index (χ0) is 19.4. The molecule has 6 nitrogen and oxygen atoms in total. The summed E-state index contributed by atoms with van der Waals surface area (Å²) >= 11 is 0. The van der Waals surface area contributed by atoms with Crippen molar-refractivity contribution in [3.63, 3.8) is 0 Å². The lowest BCUT2D eigenvalue weighted by atomic mass is 10.1. The molecule has 3 aromatic rings. The van der Waals surface area contributed by atoms with Crippen LogP contribution in [0.2, 0.25) is 0 Å². The first kappa shape index (κ1) is 18.6. The number of fused-ring (bicyclic) bond motifs is 1. The molecule has 2 aromatic heterocycles. The highest BCUT2D eigenvalue weighted by molar-refractivity contribution is 6.02. The Hall–Kier alpha value is -3.15. The van der Waals surface area contributed by atoms with Crippen LogP contribution in [0.1, 0.15) is 46.1 Å². The van der Waals surface area contributed by atoms with Gasteiger partial charge in [0.05, 0.1) is 5.52 Å². The van der Waals surface area contributed by atoms with Crippen LogP contribution >= 0.6 is 0 Å². The second kappa shape index (κ2) is 8.03. The van der Waals surface area contributed by atoms with Gasteiger partial charge in [-0.3, -0.25) is 14.0 Å². The predicted octanol–water partition coefficient (Wildman–Crippen LogP) is 3.05. The average molecular weight is 364 g/mol. The summed E-state index contributed by atoms with van der Waals surface area (Å²) in [6.45, 7) is 7.46. The topological polar surface area (TPSA) is 66.7 Å². The van der Waals surface area contributed by atoms with Crippen molar-refractivity contribution in [2.45, 2.75) is 27.3 Å². The van der Waals surface area contributed by atoms with E-state index >= 15 is 0 Å². The van der Waals surface area contributed by atoms with Crippen LogP contribution in [-0.2, 0) is 6.54 Å². The van der Waals surface area contributed by atoms with Crippen molar-refractivity contribution in [2.24, 2.45) is 0 Å². The molecule has 0 aliphatic rings. The van der Waals surface area contributed by atoms with Crippen molar-refractivity contribution in [2.75, 3.05) is 13.1 Å². The molecule has 1 aromatic carbocycles. The number of nitrogens with one attached hydrogen (secondary N) is 1. The first-order valence-electron chi connectivity index (χ1n) is 9.15. The van der Waals surface area contributed by atoms with Crippen LogP contribution in [0.4, 0.5) is 0 Å². The molecule has 2 amide bonds. The summed E-state index contributed by atoms with van der Waals surface area (Å²) in [6.07, 6.45) is 1.75. The third-order valence-electron chi connectivity index (χ3n) is 4.71. The summed E-state index contributed by atoms with van der Waals surface area (Å²) in [5, 5.41) is 2.91. The van der Waals surface area contributed by atoms with E-state index in [4.69, 9.17) is 0 Å². The number of carbonyl (C=O) groups is 2. The van der Waals surface area contributed by atoms with E-state index in [1.165, 1.54) is 0 Å². The quantitative estimate of drug-likeness (QED) is 0.731. The number of hydrogen-bond donors (Lipinski definition) is 1. The second-order valence-corrected chi connectivity index (χ2v) is 6.33. The molecule has 6 heteroatoms. The molecule has 0 spiro atoms. The van der Waals surface area contributed by atoms with Crippen molar-refractivity contribution < 1.29 is 9.59 Å². The number of rotatable bonds is 6. The molecule has 0 radical (unpaired) electrons. The van der Waals surface area contributed by atoms with Gasteiger partial charge < -0.3 is 10.2 Å². The van der Waals surface area contributed by atoms with Gasteiger partial charge in [-0.15, -0.1) is 0 Å². The lowest BCUT2D eigenvalue weighted by Crippen LogP contribution is -2.31. The van der Waals surface area contributed by atoms with Crippen molar-refractivity contribution in [1.29, 1.82) is 0 Å². The summed E-state index contributed by atoms with van der Waals surface area (Å²) in [5.41, 5.74) is 3.10. The molecule has 3 rings (SSSR count). The SMILES string of the molecule is CCN(CC)C(=O)c1nc(C(=O)NCc2ccccc2C)n2ccccc12. The predicted molar refractivity (Wildman–Crippen MR) is 105 cm³/mol. The normalized spacial score (nSPS) is 10.8. The first-order chi connectivity index (χ1) is 13.1. The van der Waals surface area contributed by atoms with E-state index in [2.05, 4.69) is 10.3 Å². The molecule has 0 aliphatic heterocycles. The Morgan fingerprint density at radius 1 is 1.07 bits per heavy atom. The molecule has 0 unspecified atom stereocenters. The Kier molecular flexibility index (Phi) is 5.54. The summed E-state index contributed by atoms with van der Waals surface area (Å²) in [5.74, 6) is -0.255. The molecule has 0 saturated heterocycles. The Morgan fingerprint density at radius 2 is 1.78 bits per heavy atom. The monoisotopic (exact) mass is 364 g/mol. The number of carbonyl (C=O) groups excluding carboxylic acids is 2. The largest absolute Gasteiger partial charge is 0.345 e. The highest BCUT2D eigenvalue weighted by Crippen LogP contribution is 2.16. The number of imidazole rings is 1. The van der Waals surface area contributed by atoms with Crippen molar-refractivity contribution in [3.8, 4) is 0 Å². The number of nitrogens with zero attached hydrogens (tertiary/aromatic N) is 3.